The Morgan fingerprint density at radius 1 is 0.935 bits per heavy atom. The monoisotopic (exact) mass is 420 g/mol. The Hall–Kier alpha value is -3.19. The fourth-order valence-electron chi connectivity index (χ4n) is 3.43. The molecule has 0 aliphatic heterocycles. The fraction of sp³-hybridized carbons (Fsp3) is 0.375. The van der Waals surface area contributed by atoms with Crippen LogP contribution in [0.2, 0.25) is 0 Å². The SMILES string of the molecule is CNCCCNc1cc(-c2cc(NCCC(C)c3ccccc3OC)ncn2)ccn1. The molecule has 0 saturated heterocycles. The second-order valence-corrected chi connectivity index (χ2v) is 7.46. The van der Waals surface area contributed by atoms with Crippen LogP contribution in [0.1, 0.15) is 31.2 Å². The third kappa shape index (κ3) is 6.65. The molecule has 0 fully saturated rings. The molecule has 3 N–H and O–H groups in total. The number of hydrogen-bond donors (Lipinski definition) is 3. The Balaban J connectivity index is 1.58. The highest BCUT2D eigenvalue weighted by atomic mass is 16.5. The summed E-state index contributed by atoms with van der Waals surface area (Å²) in [5, 5.41) is 9.93. The van der Waals surface area contributed by atoms with Crippen molar-refractivity contribution < 1.29 is 4.74 Å². The zero-order valence-electron chi connectivity index (χ0n) is 18.6. The van der Waals surface area contributed by atoms with Crippen molar-refractivity contribution in [3.8, 4) is 17.0 Å². The molecule has 2 aromatic heterocycles. The van der Waals surface area contributed by atoms with E-state index in [2.05, 4.69) is 50.0 Å². The van der Waals surface area contributed by atoms with Crippen LogP contribution in [0.4, 0.5) is 11.6 Å². The first-order valence-electron chi connectivity index (χ1n) is 10.7. The lowest BCUT2D eigenvalue weighted by atomic mass is 9.97. The standard InChI is InChI=1S/C24H32N6O/c1-18(20-7-4-5-8-22(20)31-3)9-13-27-24-16-21(29-17-30-24)19-10-14-28-23(15-19)26-12-6-11-25-2/h4-5,7-8,10,14-18,25H,6,9,11-13H2,1-3H3,(H,26,28)(H,27,29,30). The highest BCUT2D eigenvalue weighted by Gasteiger charge is 2.11. The molecule has 3 rings (SSSR count). The highest BCUT2D eigenvalue weighted by molar-refractivity contribution is 5.65. The van der Waals surface area contributed by atoms with Crippen molar-refractivity contribution in [1.29, 1.82) is 0 Å². The number of benzene rings is 1. The van der Waals surface area contributed by atoms with E-state index in [4.69, 9.17) is 4.74 Å². The summed E-state index contributed by atoms with van der Waals surface area (Å²) in [5.41, 5.74) is 3.11. The van der Waals surface area contributed by atoms with Crippen LogP contribution in [0, 0.1) is 0 Å². The van der Waals surface area contributed by atoms with E-state index < -0.39 is 0 Å². The zero-order chi connectivity index (χ0) is 21.9. The fourth-order valence-corrected chi connectivity index (χ4v) is 3.43. The minimum Gasteiger partial charge on any atom is -0.496 e. The van der Waals surface area contributed by atoms with Gasteiger partial charge in [-0.1, -0.05) is 25.1 Å². The van der Waals surface area contributed by atoms with Crippen LogP contribution in [0.3, 0.4) is 0 Å². The van der Waals surface area contributed by atoms with Gasteiger partial charge in [0.2, 0.25) is 0 Å². The van der Waals surface area contributed by atoms with E-state index in [1.165, 1.54) is 5.56 Å². The maximum Gasteiger partial charge on any atom is 0.129 e. The minimum atomic E-state index is 0.377. The van der Waals surface area contributed by atoms with Crippen LogP contribution in [0.15, 0.2) is 55.0 Å². The molecule has 0 radical (unpaired) electrons. The molecule has 1 aromatic carbocycles. The quantitative estimate of drug-likeness (QED) is 0.379. The Kier molecular flexibility index (Phi) is 8.60. The first kappa shape index (κ1) is 22.5. The van der Waals surface area contributed by atoms with E-state index in [0.29, 0.717) is 5.92 Å². The molecule has 0 bridgehead atoms. The first-order valence-corrected chi connectivity index (χ1v) is 10.7. The summed E-state index contributed by atoms with van der Waals surface area (Å²) in [4.78, 5) is 13.2. The van der Waals surface area contributed by atoms with Gasteiger partial charge in [-0.2, -0.15) is 0 Å². The molecule has 0 aliphatic carbocycles. The summed E-state index contributed by atoms with van der Waals surface area (Å²) in [7, 11) is 3.67. The Labute approximate surface area is 184 Å². The normalized spacial score (nSPS) is 11.7. The average Bonchev–Trinajstić information content (AvgIpc) is 2.82. The Bertz CT molecular complexity index is 949. The maximum absolute atomic E-state index is 5.49. The zero-order valence-corrected chi connectivity index (χ0v) is 18.6. The number of ether oxygens (including phenoxy) is 1. The lowest BCUT2D eigenvalue weighted by molar-refractivity contribution is 0.405. The van der Waals surface area contributed by atoms with Gasteiger partial charge in [-0.3, -0.25) is 0 Å². The maximum atomic E-state index is 5.49. The summed E-state index contributed by atoms with van der Waals surface area (Å²) in [5.74, 6) is 2.99. The predicted molar refractivity (Wildman–Crippen MR) is 127 cm³/mol. The van der Waals surface area contributed by atoms with Crippen molar-refractivity contribution in [2.45, 2.75) is 25.7 Å². The van der Waals surface area contributed by atoms with E-state index >= 15 is 0 Å². The lowest BCUT2D eigenvalue weighted by Crippen LogP contribution is -2.13. The van der Waals surface area contributed by atoms with Crippen LogP contribution in [0.5, 0.6) is 5.75 Å². The summed E-state index contributed by atoms with van der Waals surface area (Å²) >= 11 is 0. The number of anilines is 2. The van der Waals surface area contributed by atoms with Gasteiger partial charge in [-0.25, -0.2) is 15.0 Å². The van der Waals surface area contributed by atoms with Crippen molar-refractivity contribution in [3.63, 3.8) is 0 Å². The number of aromatic nitrogens is 3. The number of rotatable bonds is 12. The van der Waals surface area contributed by atoms with Gasteiger partial charge in [0, 0.05) is 30.9 Å². The molecule has 1 atom stereocenters. The number of methoxy groups -OCH3 is 1. The molecule has 0 aliphatic rings. The molecular formula is C24H32N6O. The van der Waals surface area contributed by atoms with Gasteiger partial charge >= 0.3 is 0 Å². The summed E-state index contributed by atoms with van der Waals surface area (Å²) in [6.45, 7) is 4.87. The Morgan fingerprint density at radius 3 is 2.58 bits per heavy atom. The van der Waals surface area contributed by atoms with Crippen LogP contribution in [-0.4, -0.2) is 48.7 Å². The van der Waals surface area contributed by atoms with Crippen LogP contribution >= 0.6 is 0 Å². The van der Waals surface area contributed by atoms with Gasteiger partial charge in [0.25, 0.3) is 0 Å². The molecule has 1 unspecified atom stereocenters. The molecule has 31 heavy (non-hydrogen) atoms. The average molecular weight is 421 g/mol. The van der Waals surface area contributed by atoms with Crippen molar-refractivity contribution in [3.05, 3.63) is 60.6 Å². The summed E-state index contributed by atoms with van der Waals surface area (Å²) in [6, 6.07) is 14.2. The molecule has 2 heterocycles. The number of pyridine rings is 1. The van der Waals surface area contributed by atoms with Gasteiger partial charge in [-0.05, 0) is 56.1 Å². The van der Waals surface area contributed by atoms with E-state index in [9.17, 15) is 0 Å². The number of para-hydroxylation sites is 1. The predicted octanol–water partition coefficient (Wildman–Crippen LogP) is 4.17. The van der Waals surface area contributed by atoms with Crippen molar-refractivity contribution in [2.75, 3.05) is 44.4 Å². The second-order valence-electron chi connectivity index (χ2n) is 7.46. The van der Waals surface area contributed by atoms with Gasteiger partial charge in [0.15, 0.2) is 0 Å². The lowest BCUT2D eigenvalue weighted by Gasteiger charge is -2.16. The number of nitrogens with one attached hydrogen (secondary N) is 3. The first-order chi connectivity index (χ1) is 15.2. The molecule has 7 nitrogen and oxygen atoms in total. The van der Waals surface area contributed by atoms with E-state index in [1.54, 1.807) is 19.6 Å². The van der Waals surface area contributed by atoms with Gasteiger partial charge in [0.05, 0.1) is 12.8 Å². The summed E-state index contributed by atoms with van der Waals surface area (Å²) < 4.78 is 5.49. The van der Waals surface area contributed by atoms with Crippen LogP contribution in [-0.2, 0) is 0 Å². The van der Waals surface area contributed by atoms with E-state index in [0.717, 1.165) is 61.1 Å². The smallest absolute Gasteiger partial charge is 0.129 e. The van der Waals surface area contributed by atoms with Crippen LogP contribution in [0.25, 0.3) is 11.3 Å². The van der Waals surface area contributed by atoms with Crippen LogP contribution < -0.4 is 20.7 Å². The van der Waals surface area contributed by atoms with Crippen molar-refractivity contribution in [2.24, 2.45) is 0 Å². The number of hydrogen-bond acceptors (Lipinski definition) is 7. The largest absolute Gasteiger partial charge is 0.496 e. The molecule has 7 heteroatoms. The summed E-state index contributed by atoms with van der Waals surface area (Å²) in [6.07, 6.45) is 5.41. The van der Waals surface area contributed by atoms with Gasteiger partial charge < -0.3 is 20.7 Å². The highest BCUT2D eigenvalue weighted by Crippen LogP contribution is 2.28. The number of nitrogens with zero attached hydrogens (tertiary/aromatic N) is 3. The molecule has 0 amide bonds. The van der Waals surface area contributed by atoms with E-state index in [-0.39, 0.29) is 0 Å². The van der Waals surface area contributed by atoms with Crippen molar-refractivity contribution in [1.82, 2.24) is 20.3 Å². The molecule has 3 aromatic rings. The molecule has 0 saturated carbocycles. The third-order valence-electron chi connectivity index (χ3n) is 5.19. The van der Waals surface area contributed by atoms with Crippen molar-refractivity contribution >= 4 is 11.6 Å². The minimum absolute atomic E-state index is 0.377. The molecule has 164 valence electrons. The van der Waals surface area contributed by atoms with Gasteiger partial charge in [-0.15, -0.1) is 0 Å². The second kappa shape index (κ2) is 11.9. The third-order valence-corrected chi connectivity index (χ3v) is 5.19. The molecule has 0 spiro atoms. The van der Waals surface area contributed by atoms with E-state index in [1.807, 2.05) is 37.4 Å². The topological polar surface area (TPSA) is 84.0 Å². The van der Waals surface area contributed by atoms with Gasteiger partial charge in [0.1, 0.15) is 23.7 Å². The molecular weight excluding hydrogens is 388 g/mol. The Morgan fingerprint density at radius 2 is 1.74 bits per heavy atom.